The van der Waals surface area contributed by atoms with E-state index in [9.17, 15) is 4.79 Å². The topological polar surface area (TPSA) is 41.6 Å². The first-order valence-electron chi connectivity index (χ1n) is 5.84. The fourth-order valence-corrected chi connectivity index (χ4v) is 2.18. The summed E-state index contributed by atoms with van der Waals surface area (Å²) in [5, 5.41) is 2.84. The Morgan fingerprint density at radius 1 is 1.47 bits per heavy atom. The minimum Gasteiger partial charge on any atom is -0.365 e. The highest BCUT2D eigenvalue weighted by Gasteiger charge is 2.23. The van der Waals surface area contributed by atoms with Crippen molar-refractivity contribution in [2.75, 3.05) is 32.8 Å². The monoisotopic (exact) mass is 212 g/mol. The second kappa shape index (κ2) is 4.94. The lowest BCUT2D eigenvalue weighted by atomic mass is 9.99. The van der Waals surface area contributed by atoms with E-state index in [2.05, 4.69) is 17.1 Å². The molecule has 2 aliphatic heterocycles. The van der Waals surface area contributed by atoms with E-state index < -0.39 is 0 Å². The first-order chi connectivity index (χ1) is 7.24. The first kappa shape index (κ1) is 10.9. The van der Waals surface area contributed by atoms with Gasteiger partial charge in [-0.1, -0.05) is 6.92 Å². The number of carbonyl (C=O) groups excluding carboxylic acids is 1. The molecule has 2 fully saturated rings. The van der Waals surface area contributed by atoms with Crippen molar-refractivity contribution in [3.05, 3.63) is 0 Å². The van der Waals surface area contributed by atoms with E-state index in [0.29, 0.717) is 6.54 Å². The van der Waals surface area contributed by atoms with Crippen molar-refractivity contribution in [2.45, 2.75) is 25.9 Å². The third-order valence-corrected chi connectivity index (χ3v) is 3.32. The van der Waals surface area contributed by atoms with Gasteiger partial charge in [0.05, 0.1) is 6.10 Å². The lowest BCUT2D eigenvalue weighted by molar-refractivity contribution is -0.134. The minimum absolute atomic E-state index is 0.0125. The number of likely N-dealkylation sites (tertiary alicyclic amines) is 1. The summed E-state index contributed by atoms with van der Waals surface area (Å²) in [5.41, 5.74) is 0. The minimum atomic E-state index is 0.0125. The lowest BCUT2D eigenvalue weighted by Gasteiger charge is -2.34. The van der Waals surface area contributed by atoms with Gasteiger partial charge in [-0.05, 0) is 31.8 Å². The second-order valence-electron chi connectivity index (χ2n) is 4.72. The summed E-state index contributed by atoms with van der Waals surface area (Å²) in [6.45, 7) is 6.53. The molecule has 0 bridgehead atoms. The number of carbonyl (C=O) groups is 1. The van der Waals surface area contributed by atoms with Crippen molar-refractivity contribution < 1.29 is 9.53 Å². The van der Waals surface area contributed by atoms with Crippen LogP contribution in [-0.4, -0.2) is 49.7 Å². The van der Waals surface area contributed by atoms with Crippen molar-refractivity contribution in [1.29, 1.82) is 0 Å². The van der Waals surface area contributed by atoms with Crippen LogP contribution >= 0.6 is 0 Å². The third kappa shape index (κ3) is 3.18. The molecule has 0 aromatic rings. The van der Waals surface area contributed by atoms with Gasteiger partial charge >= 0.3 is 0 Å². The fourth-order valence-electron chi connectivity index (χ4n) is 2.18. The Bertz CT molecular complexity index is 215. The van der Waals surface area contributed by atoms with Gasteiger partial charge in [-0.3, -0.25) is 4.79 Å². The van der Waals surface area contributed by atoms with Gasteiger partial charge in [0.1, 0.15) is 6.61 Å². The maximum Gasteiger partial charge on any atom is 0.246 e. The maximum absolute atomic E-state index is 10.9. The Hall–Kier alpha value is -0.610. The molecule has 2 saturated heterocycles. The molecule has 1 amide bonds. The van der Waals surface area contributed by atoms with Gasteiger partial charge in [-0.2, -0.15) is 0 Å². The summed E-state index contributed by atoms with van der Waals surface area (Å²) in [6, 6.07) is 0. The summed E-state index contributed by atoms with van der Waals surface area (Å²) in [6.07, 6.45) is 2.77. The van der Waals surface area contributed by atoms with Crippen LogP contribution < -0.4 is 5.32 Å². The molecule has 0 spiro atoms. The zero-order valence-electron chi connectivity index (χ0n) is 9.37. The SMILES string of the molecule is CC1CCN(CC2CNC(=O)CO2)CC1. The normalized spacial score (nSPS) is 30.2. The quantitative estimate of drug-likeness (QED) is 0.712. The first-order valence-corrected chi connectivity index (χ1v) is 5.84. The lowest BCUT2D eigenvalue weighted by Crippen LogP contribution is -2.49. The number of piperidine rings is 1. The summed E-state index contributed by atoms with van der Waals surface area (Å²) < 4.78 is 5.47. The van der Waals surface area contributed by atoms with Gasteiger partial charge in [0.15, 0.2) is 0 Å². The van der Waals surface area contributed by atoms with Crippen LogP contribution in [0.15, 0.2) is 0 Å². The standard InChI is InChI=1S/C11H20N2O2/c1-9-2-4-13(5-3-9)7-10-6-12-11(14)8-15-10/h9-10H,2-8H2,1H3,(H,12,14). The molecule has 4 heteroatoms. The van der Waals surface area contributed by atoms with Crippen molar-refractivity contribution >= 4 is 5.91 Å². The molecule has 2 rings (SSSR count). The number of amides is 1. The zero-order valence-corrected chi connectivity index (χ0v) is 9.37. The predicted molar refractivity (Wildman–Crippen MR) is 57.6 cm³/mol. The van der Waals surface area contributed by atoms with E-state index in [1.165, 1.54) is 25.9 Å². The van der Waals surface area contributed by atoms with Gasteiger partial charge in [-0.15, -0.1) is 0 Å². The molecule has 1 atom stereocenters. The number of morpholine rings is 1. The van der Waals surface area contributed by atoms with E-state index in [4.69, 9.17) is 4.74 Å². The number of rotatable bonds is 2. The Kier molecular flexibility index (Phi) is 3.59. The van der Waals surface area contributed by atoms with E-state index in [-0.39, 0.29) is 18.6 Å². The van der Waals surface area contributed by atoms with Crippen LogP contribution in [0.5, 0.6) is 0 Å². The van der Waals surface area contributed by atoms with Crippen LogP contribution in [0.3, 0.4) is 0 Å². The summed E-state index contributed by atoms with van der Waals surface area (Å²) in [4.78, 5) is 13.3. The van der Waals surface area contributed by atoms with Crippen molar-refractivity contribution in [3.63, 3.8) is 0 Å². The van der Waals surface area contributed by atoms with E-state index >= 15 is 0 Å². The molecule has 4 nitrogen and oxygen atoms in total. The van der Waals surface area contributed by atoms with Crippen molar-refractivity contribution in [3.8, 4) is 0 Å². The number of nitrogens with one attached hydrogen (secondary N) is 1. The van der Waals surface area contributed by atoms with Gasteiger partial charge in [0.25, 0.3) is 0 Å². The van der Waals surface area contributed by atoms with Crippen molar-refractivity contribution in [2.24, 2.45) is 5.92 Å². The van der Waals surface area contributed by atoms with E-state index in [0.717, 1.165) is 12.5 Å². The second-order valence-corrected chi connectivity index (χ2v) is 4.72. The fraction of sp³-hybridized carbons (Fsp3) is 0.909. The molecule has 2 aliphatic rings. The number of hydrogen-bond donors (Lipinski definition) is 1. The highest BCUT2D eigenvalue weighted by molar-refractivity contribution is 5.77. The molecular weight excluding hydrogens is 192 g/mol. The smallest absolute Gasteiger partial charge is 0.246 e. The molecule has 0 aromatic heterocycles. The van der Waals surface area contributed by atoms with Crippen LogP contribution in [0.4, 0.5) is 0 Å². The molecule has 1 unspecified atom stereocenters. The van der Waals surface area contributed by atoms with Crippen molar-refractivity contribution in [1.82, 2.24) is 10.2 Å². The number of nitrogens with zero attached hydrogens (tertiary/aromatic N) is 1. The molecular formula is C11H20N2O2. The predicted octanol–water partition coefficient (Wildman–Crippen LogP) is 0.233. The molecule has 0 aromatic carbocycles. The average molecular weight is 212 g/mol. The molecule has 0 saturated carbocycles. The molecule has 1 N–H and O–H groups in total. The number of ether oxygens (including phenoxy) is 1. The highest BCUT2D eigenvalue weighted by atomic mass is 16.5. The van der Waals surface area contributed by atoms with Gasteiger partial charge in [0, 0.05) is 13.1 Å². The highest BCUT2D eigenvalue weighted by Crippen LogP contribution is 2.16. The Balaban J connectivity index is 1.70. The Morgan fingerprint density at radius 3 is 2.80 bits per heavy atom. The molecule has 86 valence electrons. The third-order valence-electron chi connectivity index (χ3n) is 3.32. The Labute approximate surface area is 91.0 Å². The molecule has 0 aliphatic carbocycles. The van der Waals surface area contributed by atoms with Gasteiger partial charge < -0.3 is 15.0 Å². The largest absolute Gasteiger partial charge is 0.365 e. The van der Waals surface area contributed by atoms with E-state index in [1.54, 1.807) is 0 Å². The van der Waals surface area contributed by atoms with Crippen LogP contribution in [0.2, 0.25) is 0 Å². The van der Waals surface area contributed by atoms with Crippen LogP contribution in [-0.2, 0) is 9.53 Å². The zero-order chi connectivity index (χ0) is 10.7. The Morgan fingerprint density at radius 2 is 2.20 bits per heavy atom. The summed E-state index contributed by atoms with van der Waals surface area (Å²) >= 11 is 0. The number of hydrogen-bond acceptors (Lipinski definition) is 3. The van der Waals surface area contributed by atoms with Gasteiger partial charge in [0.2, 0.25) is 5.91 Å². The van der Waals surface area contributed by atoms with E-state index in [1.807, 2.05) is 0 Å². The maximum atomic E-state index is 10.9. The van der Waals surface area contributed by atoms with Gasteiger partial charge in [-0.25, -0.2) is 0 Å². The van der Waals surface area contributed by atoms with Crippen LogP contribution in [0.25, 0.3) is 0 Å². The molecule has 0 radical (unpaired) electrons. The summed E-state index contributed by atoms with van der Waals surface area (Å²) in [5.74, 6) is 0.881. The summed E-state index contributed by atoms with van der Waals surface area (Å²) in [7, 11) is 0. The molecule has 2 heterocycles. The van der Waals surface area contributed by atoms with Crippen LogP contribution in [0, 0.1) is 5.92 Å². The average Bonchev–Trinajstić information content (AvgIpc) is 2.25. The van der Waals surface area contributed by atoms with Crippen LogP contribution in [0.1, 0.15) is 19.8 Å². The molecule has 15 heavy (non-hydrogen) atoms.